The van der Waals surface area contributed by atoms with Crippen LogP contribution >= 0.6 is 0 Å². The predicted molar refractivity (Wildman–Crippen MR) is 94.6 cm³/mol. The SMILES string of the molecule is CC1(C)OC(c2ccc(S(C)(=O)=O)cc2)=C(c2ccccc2O)C1=O. The summed E-state index contributed by atoms with van der Waals surface area (Å²) >= 11 is 0. The standard InChI is InChI=1S/C19H18O5S/c1-19(2)18(21)16(14-6-4-5-7-15(14)20)17(24-19)12-8-10-13(11-9-12)25(3,22)23/h4-11,20H,1-3H3. The van der Waals surface area contributed by atoms with Gasteiger partial charge in [0.1, 0.15) is 11.5 Å². The van der Waals surface area contributed by atoms with Crippen LogP contribution in [0.3, 0.4) is 0 Å². The summed E-state index contributed by atoms with van der Waals surface area (Å²) in [7, 11) is -3.31. The van der Waals surface area contributed by atoms with Crippen molar-refractivity contribution in [3.8, 4) is 5.75 Å². The molecule has 3 rings (SSSR count). The molecular formula is C19H18O5S. The molecule has 0 spiro atoms. The van der Waals surface area contributed by atoms with Crippen LogP contribution in [0.5, 0.6) is 5.75 Å². The number of Topliss-reactive ketones (excluding diaryl/α,β-unsaturated/α-hetero) is 1. The molecule has 0 saturated heterocycles. The summed E-state index contributed by atoms with van der Waals surface area (Å²) in [5, 5.41) is 10.2. The Morgan fingerprint density at radius 3 is 2.16 bits per heavy atom. The normalized spacial score (nSPS) is 16.8. The molecule has 2 aromatic rings. The van der Waals surface area contributed by atoms with E-state index in [-0.39, 0.29) is 22.0 Å². The van der Waals surface area contributed by atoms with E-state index in [2.05, 4.69) is 0 Å². The molecule has 0 fully saturated rings. The largest absolute Gasteiger partial charge is 0.507 e. The second kappa shape index (κ2) is 5.74. The summed E-state index contributed by atoms with van der Waals surface area (Å²) in [5.41, 5.74) is 0.183. The molecule has 5 nitrogen and oxygen atoms in total. The molecule has 130 valence electrons. The van der Waals surface area contributed by atoms with Crippen LogP contribution in [-0.2, 0) is 19.4 Å². The number of benzene rings is 2. The van der Waals surface area contributed by atoms with Gasteiger partial charge in [0.25, 0.3) is 0 Å². The van der Waals surface area contributed by atoms with Crippen molar-refractivity contribution in [1.29, 1.82) is 0 Å². The third-order valence-corrected chi connectivity index (χ3v) is 5.20. The molecule has 0 bridgehead atoms. The van der Waals surface area contributed by atoms with Gasteiger partial charge in [-0.25, -0.2) is 8.42 Å². The van der Waals surface area contributed by atoms with E-state index in [0.29, 0.717) is 16.9 Å². The minimum Gasteiger partial charge on any atom is -0.507 e. The van der Waals surface area contributed by atoms with Gasteiger partial charge >= 0.3 is 0 Å². The van der Waals surface area contributed by atoms with Gasteiger partial charge in [-0.15, -0.1) is 0 Å². The second-order valence-corrected chi connectivity index (χ2v) is 8.48. The molecule has 0 aromatic heterocycles. The lowest BCUT2D eigenvalue weighted by Gasteiger charge is -2.17. The molecule has 1 aliphatic rings. The van der Waals surface area contributed by atoms with Crippen molar-refractivity contribution in [3.05, 3.63) is 59.7 Å². The first-order valence-corrected chi connectivity index (χ1v) is 9.57. The van der Waals surface area contributed by atoms with Crippen molar-refractivity contribution < 1.29 is 23.1 Å². The van der Waals surface area contributed by atoms with Gasteiger partial charge < -0.3 is 9.84 Å². The Bertz CT molecular complexity index is 983. The number of carbonyl (C=O) groups is 1. The Morgan fingerprint density at radius 1 is 1.00 bits per heavy atom. The molecule has 25 heavy (non-hydrogen) atoms. The highest BCUT2D eigenvalue weighted by Crippen LogP contribution is 2.43. The first kappa shape index (κ1) is 17.2. The molecule has 0 amide bonds. The van der Waals surface area contributed by atoms with E-state index in [9.17, 15) is 18.3 Å². The van der Waals surface area contributed by atoms with E-state index >= 15 is 0 Å². The van der Waals surface area contributed by atoms with Gasteiger partial charge in [0, 0.05) is 17.4 Å². The van der Waals surface area contributed by atoms with E-state index < -0.39 is 15.4 Å². The maximum atomic E-state index is 12.8. The topological polar surface area (TPSA) is 80.7 Å². The number of ether oxygens (including phenoxy) is 1. The first-order valence-electron chi connectivity index (χ1n) is 7.68. The fourth-order valence-electron chi connectivity index (χ4n) is 2.74. The minimum atomic E-state index is -3.31. The average molecular weight is 358 g/mol. The number of carbonyl (C=O) groups excluding carboxylic acids is 1. The molecular weight excluding hydrogens is 340 g/mol. The number of aromatic hydroxyl groups is 1. The molecule has 0 unspecified atom stereocenters. The maximum Gasteiger partial charge on any atom is 0.210 e. The van der Waals surface area contributed by atoms with Crippen molar-refractivity contribution in [1.82, 2.24) is 0 Å². The Kier molecular flexibility index (Phi) is 3.95. The van der Waals surface area contributed by atoms with Crippen molar-refractivity contribution in [3.63, 3.8) is 0 Å². The zero-order valence-electron chi connectivity index (χ0n) is 14.1. The first-order chi connectivity index (χ1) is 11.6. The number of phenols is 1. The van der Waals surface area contributed by atoms with E-state index in [1.54, 1.807) is 44.2 Å². The number of sulfone groups is 1. The fourth-order valence-corrected chi connectivity index (χ4v) is 3.37. The van der Waals surface area contributed by atoms with Crippen molar-refractivity contribution in [2.75, 3.05) is 6.26 Å². The van der Waals surface area contributed by atoms with Crippen LogP contribution in [0.15, 0.2) is 53.4 Å². The third kappa shape index (κ3) is 3.05. The summed E-state index contributed by atoms with van der Waals surface area (Å²) < 4.78 is 29.1. The predicted octanol–water partition coefficient (Wildman–Crippen LogP) is 3.04. The van der Waals surface area contributed by atoms with E-state index in [0.717, 1.165) is 6.26 Å². The second-order valence-electron chi connectivity index (χ2n) is 6.46. The molecule has 0 aliphatic carbocycles. The highest BCUT2D eigenvalue weighted by atomic mass is 32.2. The van der Waals surface area contributed by atoms with Crippen LogP contribution in [0.25, 0.3) is 11.3 Å². The Morgan fingerprint density at radius 2 is 1.60 bits per heavy atom. The summed E-state index contributed by atoms with van der Waals surface area (Å²) in [6.45, 7) is 3.32. The average Bonchev–Trinajstić information content (AvgIpc) is 2.78. The van der Waals surface area contributed by atoms with Gasteiger partial charge in [0.05, 0.1) is 10.5 Å². The van der Waals surface area contributed by atoms with Crippen LogP contribution in [-0.4, -0.2) is 31.2 Å². The van der Waals surface area contributed by atoms with Crippen molar-refractivity contribution >= 4 is 27.0 Å². The molecule has 1 aliphatic heterocycles. The molecule has 0 saturated carbocycles. The Hall–Kier alpha value is -2.60. The van der Waals surface area contributed by atoms with Gasteiger partial charge in [-0.2, -0.15) is 0 Å². The van der Waals surface area contributed by atoms with Gasteiger partial charge in [-0.1, -0.05) is 18.2 Å². The fraction of sp³-hybridized carbons (Fsp3) is 0.211. The zero-order chi connectivity index (χ0) is 18.4. The van der Waals surface area contributed by atoms with E-state index in [1.165, 1.54) is 18.2 Å². The van der Waals surface area contributed by atoms with Gasteiger partial charge in [0.2, 0.25) is 5.78 Å². The van der Waals surface area contributed by atoms with Crippen LogP contribution in [0.1, 0.15) is 25.0 Å². The van der Waals surface area contributed by atoms with Gasteiger partial charge in [-0.05, 0) is 44.2 Å². The molecule has 2 aromatic carbocycles. The summed E-state index contributed by atoms with van der Waals surface area (Å²) in [6, 6.07) is 12.7. The van der Waals surface area contributed by atoms with Crippen LogP contribution in [0.2, 0.25) is 0 Å². The van der Waals surface area contributed by atoms with E-state index in [4.69, 9.17) is 4.74 Å². The molecule has 1 N–H and O–H groups in total. The van der Waals surface area contributed by atoms with Crippen LogP contribution < -0.4 is 0 Å². The van der Waals surface area contributed by atoms with Crippen LogP contribution in [0.4, 0.5) is 0 Å². The Balaban J connectivity index is 2.19. The molecule has 0 atom stereocenters. The van der Waals surface area contributed by atoms with Crippen molar-refractivity contribution in [2.45, 2.75) is 24.3 Å². The van der Waals surface area contributed by atoms with Crippen molar-refractivity contribution in [2.24, 2.45) is 0 Å². The molecule has 0 radical (unpaired) electrons. The summed E-state index contributed by atoms with van der Waals surface area (Å²) in [4.78, 5) is 13.0. The number of hydrogen-bond donors (Lipinski definition) is 1. The lowest BCUT2D eigenvalue weighted by Crippen LogP contribution is -2.29. The zero-order valence-corrected chi connectivity index (χ0v) is 14.9. The Labute approximate surface area is 146 Å². The number of para-hydroxylation sites is 1. The van der Waals surface area contributed by atoms with Gasteiger partial charge in [0.15, 0.2) is 15.4 Å². The molecule has 1 heterocycles. The minimum absolute atomic E-state index is 0.0163. The molecule has 6 heteroatoms. The van der Waals surface area contributed by atoms with Crippen LogP contribution in [0, 0.1) is 0 Å². The number of ketones is 1. The maximum absolute atomic E-state index is 12.8. The number of phenolic OH excluding ortho intramolecular Hbond substituents is 1. The highest BCUT2D eigenvalue weighted by Gasteiger charge is 2.43. The quantitative estimate of drug-likeness (QED) is 0.912. The monoisotopic (exact) mass is 358 g/mol. The summed E-state index contributed by atoms with van der Waals surface area (Å²) in [6.07, 6.45) is 1.13. The number of rotatable bonds is 3. The van der Waals surface area contributed by atoms with Gasteiger partial charge in [-0.3, -0.25) is 4.79 Å². The lowest BCUT2D eigenvalue weighted by molar-refractivity contribution is -0.125. The highest BCUT2D eigenvalue weighted by molar-refractivity contribution is 7.90. The number of hydrogen-bond acceptors (Lipinski definition) is 5. The lowest BCUT2D eigenvalue weighted by atomic mass is 9.92. The third-order valence-electron chi connectivity index (χ3n) is 4.08. The van der Waals surface area contributed by atoms with E-state index in [1.807, 2.05) is 0 Å². The smallest absolute Gasteiger partial charge is 0.210 e. The summed E-state index contributed by atoms with van der Waals surface area (Å²) in [5.74, 6) is 0.0742.